The Morgan fingerprint density at radius 1 is 0.280 bits per heavy atom. The van der Waals surface area contributed by atoms with E-state index in [-0.39, 0.29) is 0 Å². The third-order valence-electron chi connectivity index (χ3n) is 11.3. The third kappa shape index (κ3) is 42.7. The van der Waals surface area contributed by atoms with E-state index < -0.39 is 0 Å². The quantitative estimate of drug-likeness (QED) is 0.0377. The summed E-state index contributed by atoms with van der Waals surface area (Å²) in [6.07, 6.45) is 60.5. The van der Waals surface area contributed by atoms with E-state index in [4.69, 9.17) is 12.2 Å². The minimum absolute atomic E-state index is 0.811. The molecule has 0 aliphatic heterocycles. The van der Waals surface area contributed by atoms with Gasteiger partial charge in [-0.3, -0.25) is 0 Å². The lowest BCUT2D eigenvalue weighted by atomic mass is 10.0. The van der Waals surface area contributed by atoms with Crippen molar-refractivity contribution in [3.63, 3.8) is 0 Å². The van der Waals surface area contributed by atoms with E-state index in [2.05, 4.69) is 31.4 Å². The fourth-order valence-corrected chi connectivity index (χ4v) is 8.15. The summed E-state index contributed by atoms with van der Waals surface area (Å²) in [7, 11) is 0. The van der Waals surface area contributed by atoms with Gasteiger partial charge in [-0.05, 0) is 12.8 Å². The summed E-state index contributed by atoms with van der Waals surface area (Å²) in [5.41, 5.74) is 0. The average molecular weight is 738 g/mol. The van der Waals surface area contributed by atoms with Gasteiger partial charge in [-0.25, -0.2) is 0 Å². The van der Waals surface area contributed by atoms with E-state index in [1.54, 1.807) is 0 Å². The molecule has 0 N–H and O–H groups in total. The second kappa shape index (κ2) is 45.4. The molecule has 0 unspecified atom stereocenters. The molecular formula is C47H95NS2. The lowest BCUT2D eigenvalue weighted by Gasteiger charge is -2.22. The van der Waals surface area contributed by atoms with E-state index in [1.807, 2.05) is 0 Å². The first kappa shape index (κ1) is 50.2. The zero-order valence-corrected chi connectivity index (χ0v) is 36.6. The fraction of sp³-hybridized carbons (Fsp3) is 0.979. The predicted octanol–water partition coefficient (Wildman–Crippen LogP) is 17.9. The highest BCUT2D eigenvalue weighted by Gasteiger charge is 2.06. The number of unbranched alkanes of at least 4 members (excludes halogenated alkanes) is 40. The maximum Gasteiger partial charge on any atom is 0.133 e. The monoisotopic (exact) mass is 738 g/mol. The van der Waals surface area contributed by atoms with Crippen LogP contribution in [0.3, 0.4) is 0 Å². The van der Waals surface area contributed by atoms with E-state index in [9.17, 15) is 0 Å². The smallest absolute Gasteiger partial charge is 0.133 e. The molecule has 0 aromatic rings. The zero-order chi connectivity index (χ0) is 36.3. The molecule has 0 saturated heterocycles. The van der Waals surface area contributed by atoms with Crippen LogP contribution >= 0.6 is 24.8 Å². The molecule has 0 saturated carbocycles. The van der Waals surface area contributed by atoms with Gasteiger partial charge < -0.3 is 4.90 Å². The number of nitrogens with zero attached hydrogens (tertiary/aromatic N) is 1. The molecule has 50 heavy (non-hydrogen) atoms. The third-order valence-corrected chi connectivity index (χ3v) is 11.9. The normalized spacial score (nSPS) is 11.5. The summed E-state index contributed by atoms with van der Waals surface area (Å²) in [4.78, 5) is 2.36. The SMILES string of the molecule is CCCCCCCCCCCCCCCCCCCCCCCN(CCCCCCCCCCCCCCCCCCCCCCC)C(=S)S. The van der Waals surface area contributed by atoms with Gasteiger partial charge in [0.2, 0.25) is 0 Å². The molecule has 3 heteroatoms. The van der Waals surface area contributed by atoms with Crippen LogP contribution in [0.4, 0.5) is 0 Å². The van der Waals surface area contributed by atoms with Crippen molar-refractivity contribution >= 4 is 29.2 Å². The van der Waals surface area contributed by atoms with Crippen LogP contribution in [-0.4, -0.2) is 22.3 Å². The summed E-state index contributed by atoms with van der Waals surface area (Å²) in [5, 5.41) is 0. The van der Waals surface area contributed by atoms with Crippen molar-refractivity contribution in [3.8, 4) is 0 Å². The van der Waals surface area contributed by atoms with Crippen molar-refractivity contribution in [1.82, 2.24) is 4.90 Å². The number of thiol groups is 1. The van der Waals surface area contributed by atoms with Crippen LogP contribution in [-0.2, 0) is 0 Å². The van der Waals surface area contributed by atoms with Gasteiger partial charge in [-0.1, -0.05) is 283 Å². The molecule has 0 fully saturated rings. The van der Waals surface area contributed by atoms with Gasteiger partial charge in [-0.2, -0.15) is 0 Å². The van der Waals surface area contributed by atoms with Crippen molar-refractivity contribution in [1.29, 1.82) is 0 Å². The Kier molecular flexibility index (Phi) is 45.6. The molecule has 0 heterocycles. The van der Waals surface area contributed by atoms with Crippen LogP contribution in [0.15, 0.2) is 0 Å². The second-order valence-electron chi connectivity index (χ2n) is 16.4. The number of rotatable bonds is 44. The van der Waals surface area contributed by atoms with E-state index in [1.165, 1.54) is 270 Å². The molecule has 0 aliphatic rings. The molecule has 0 bridgehead atoms. The van der Waals surface area contributed by atoms with Crippen molar-refractivity contribution in [2.75, 3.05) is 13.1 Å². The van der Waals surface area contributed by atoms with Gasteiger partial charge in [0.05, 0.1) is 0 Å². The molecular weight excluding hydrogens is 643 g/mol. The topological polar surface area (TPSA) is 3.24 Å². The van der Waals surface area contributed by atoms with Gasteiger partial charge in [0, 0.05) is 13.1 Å². The molecule has 0 rings (SSSR count). The molecule has 0 atom stereocenters. The van der Waals surface area contributed by atoms with E-state index in [0.717, 1.165) is 17.4 Å². The first-order valence-corrected chi connectivity index (χ1v) is 24.6. The predicted molar refractivity (Wildman–Crippen MR) is 238 cm³/mol. The second-order valence-corrected chi connectivity index (χ2v) is 17.5. The summed E-state index contributed by atoms with van der Waals surface area (Å²) >= 11 is 10.0. The summed E-state index contributed by atoms with van der Waals surface area (Å²) < 4.78 is 0.811. The molecule has 0 radical (unpaired) electrons. The Morgan fingerprint density at radius 3 is 0.560 bits per heavy atom. The van der Waals surface area contributed by atoms with Crippen LogP contribution in [0.1, 0.15) is 284 Å². The van der Waals surface area contributed by atoms with Gasteiger partial charge in [-0.15, -0.1) is 12.6 Å². The molecule has 0 aliphatic carbocycles. The standard InChI is InChI=1S/C47H95NS2/c1-3-5-7-9-11-13-15-17-19-21-23-25-27-29-31-33-35-37-39-41-43-45-48(47(49)50)46-44-42-40-38-36-34-32-30-28-26-24-22-20-18-16-14-12-10-8-6-4-2/h3-46H2,1-2H3,(H,49,50). The van der Waals surface area contributed by atoms with Crippen molar-refractivity contribution < 1.29 is 0 Å². The van der Waals surface area contributed by atoms with Crippen LogP contribution in [0, 0.1) is 0 Å². The molecule has 0 aromatic carbocycles. The highest BCUT2D eigenvalue weighted by Crippen LogP contribution is 2.17. The van der Waals surface area contributed by atoms with Crippen LogP contribution in [0.2, 0.25) is 0 Å². The lowest BCUT2D eigenvalue weighted by molar-refractivity contribution is 0.394. The summed E-state index contributed by atoms with van der Waals surface area (Å²) in [5.74, 6) is 0. The van der Waals surface area contributed by atoms with Gasteiger partial charge >= 0.3 is 0 Å². The van der Waals surface area contributed by atoms with Crippen LogP contribution in [0.25, 0.3) is 0 Å². The summed E-state index contributed by atoms with van der Waals surface area (Å²) in [6.45, 7) is 6.84. The minimum Gasteiger partial charge on any atom is -0.358 e. The molecule has 1 nitrogen and oxygen atoms in total. The number of hydrogen-bond donors (Lipinski definition) is 1. The Bertz CT molecular complexity index is 576. The fourth-order valence-electron chi connectivity index (χ4n) is 7.77. The largest absolute Gasteiger partial charge is 0.358 e. The maximum atomic E-state index is 5.47. The van der Waals surface area contributed by atoms with Crippen molar-refractivity contribution in [2.45, 2.75) is 284 Å². The average Bonchev–Trinajstić information content (AvgIpc) is 3.11. The molecule has 0 aromatic heterocycles. The van der Waals surface area contributed by atoms with Gasteiger partial charge in [0.15, 0.2) is 0 Å². The lowest BCUT2D eigenvalue weighted by Crippen LogP contribution is -2.28. The number of thiocarbonyl (C=S) groups is 1. The minimum atomic E-state index is 0.811. The first-order valence-electron chi connectivity index (χ1n) is 23.7. The Balaban J connectivity index is 3.33. The van der Waals surface area contributed by atoms with Crippen LogP contribution < -0.4 is 0 Å². The Morgan fingerprint density at radius 2 is 0.420 bits per heavy atom. The molecule has 0 spiro atoms. The van der Waals surface area contributed by atoms with Crippen LogP contribution in [0.5, 0.6) is 0 Å². The van der Waals surface area contributed by atoms with Gasteiger partial charge in [0.1, 0.15) is 4.32 Å². The maximum absolute atomic E-state index is 5.47. The zero-order valence-electron chi connectivity index (χ0n) is 34.9. The van der Waals surface area contributed by atoms with E-state index in [0.29, 0.717) is 0 Å². The van der Waals surface area contributed by atoms with Crippen molar-refractivity contribution in [3.05, 3.63) is 0 Å². The molecule has 300 valence electrons. The first-order chi connectivity index (χ1) is 24.7. The summed E-state index contributed by atoms with van der Waals surface area (Å²) in [6, 6.07) is 0. The van der Waals surface area contributed by atoms with Crippen molar-refractivity contribution in [2.24, 2.45) is 0 Å². The highest BCUT2D eigenvalue weighted by atomic mass is 32.1. The van der Waals surface area contributed by atoms with Gasteiger partial charge in [0.25, 0.3) is 0 Å². The highest BCUT2D eigenvalue weighted by molar-refractivity contribution is 8.10. The molecule has 0 amide bonds. The Labute approximate surface area is 329 Å². The number of hydrogen-bond acceptors (Lipinski definition) is 1. The van der Waals surface area contributed by atoms with E-state index >= 15 is 0 Å². The Hall–Kier alpha value is 0.240.